The van der Waals surface area contributed by atoms with Crippen LogP contribution in [-0.2, 0) is 4.79 Å². The molecule has 2 aromatic carbocycles. The van der Waals surface area contributed by atoms with Crippen LogP contribution in [0.3, 0.4) is 0 Å². The highest BCUT2D eigenvalue weighted by Crippen LogP contribution is 2.44. The molecule has 0 atom stereocenters. The zero-order chi connectivity index (χ0) is 31.1. The van der Waals surface area contributed by atoms with Crippen molar-refractivity contribution in [2.75, 3.05) is 74.5 Å². The molecule has 4 rings (SSSR count). The van der Waals surface area contributed by atoms with Gasteiger partial charge in [0.15, 0.2) is 5.82 Å². The van der Waals surface area contributed by atoms with Crippen LogP contribution in [0, 0.1) is 0 Å². The van der Waals surface area contributed by atoms with Crippen molar-refractivity contribution in [1.82, 2.24) is 19.9 Å². The molecule has 0 aliphatic carbocycles. The third-order valence-electron chi connectivity index (χ3n) is 7.00. The molecule has 3 amide bonds. The summed E-state index contributed by atoms with van der Waals surface area (Å²) in [6.45, 7) is 9.93. The minimum Gasteiger partial charge on any atom is -0.495 e. The smallest absolute Gasteiger partial charge is 0.340 e. The SMILES string of the molecule is C=CC(=O)Nc1ccc(N2CCN(CC)CC2)c(N(c2ccncn2)N(C)C(=O)Nc2c(Cl)c(OC)cc(OC)c2Cl)c1. The largest absolute Gasteiger partial charge is 0.495 e. The van der Waals surface area contributed by atoms with E-state index in [1.165, 1.54) is 37.7 Å². The van der Waals surface area contributed by atoms with E-state index in [9.17, 15) is 9.59 Å². The van der Waals surface area contributed by atoms with Crippen molar-refractivity contribution in [3.8, 4) is 11.5 Å². The Hall–Kier alpha value is -4.26. The van der Waals surface area contributed by atoms with Crippen LogP contribution in [0.4, 0.5) is 33.4 Å². The maximum absolute atomic E-state index is 13.9. The van der Waals surface area contributed by atoms with Crippen LogP contribution >= 0.6 is 23.2 Å². The topological polar surface area (TPSA) is 115 Å². The number of rotatable bonds is 10. The Morgan fingerprint density at radius 3 is 2.28 bits per heavy atom. The fraction of sp³-hybridized carbons (Fsp3) is 0.310. The molecule has 1 fully saturated rings. The molecule has 2 heterocycles. The number of halogens is 2. The highest BCUT2D eigenvalue weighted by atomic mass is 35.5. The van der Waals surface area contributed by atoms with E-state index in [0.29, 0.717) is 17.2 Å². The monoisotopic (exact) mass is 628 g/mol. The van der Waals surface area contributed by atoms with Crippen LogP contribution in [0.25, 0.3) is 0 Å². The quantitative estimate of drug-likeness (QED) is 0.228. The predicted octanol–water partition coefficient (Wildman–Crippen LogP) is 5.28. The van der Waals surface area contributed by atoms with E-state index >= 15 is 0 Å². The third-order valence-corrected chi connectivity index (χ3v) is 7.75. The summed E-state index contributed by atoms with van der Waals surface area (Å²) in [4.78, 5) is 39.2. The Kier molecular flexibility index (Phi) is 10.5. The van der Waals surface area contributed by atoms with E-state index in [1.807, 2.05) is 12.1 Å². The van der Waals surface area contributed by atoms with E-state index in [1.54, 1.807) is 30.4 Å². The summed E-state index contributed by atoms with van der Waals surface area (Å²) in [7, 11) is 4.47. The lowest BCUT2D eigenvalue weighted by Crippen LogP contribution is -2.48. The Morgan fingerprint density at radius 2 is 1.72 bits per heavy atom. The first-order chi connectivity index (χ1) is 20.7. The van der Waals surface area contributed by atoms with E-state index < -0.39 is 6.03 Å². The number of nitrogens with one attached hydrogen (secondary N) is 2. The lowest BCUT2D eigenvalue weighted by atomic mass is 10.1. The van der Waals surface area contributed by atoms with E-state index in [-0.39, 0.29) is 33.1 Å². The number of carbonyl (C=O) groups excluding carboxylic acids is 2. The second-order valence-electron chi connectivity index (χ2n) is 9.44. The number of aromatic nitrogens is 2. The maximum Gasteiger partial charge on any atom is 0.340 e. The van der Waals surface area contributed by atoms with Crippen LogP contribution < -0.4 is 30.0 Å². The number of hydrogen-bond acceptors (Lipinski definition) is 9. The van der Waals surface area contributed by atoms with Gasteiger partial charge in [0.25, 0.3) is 0 Å². The minimum atomic E-state index is -0.597. The minimum absolute atomic E-state index is 0.104. The fourth-order valence-electron chi connectivity index (χ4n) is 4.66. The second kappa shape index (κ2) is 14.3. The van der Waals surface area contributed by atoms with Gasteiger partial charge in [-0.05, 0) is 30.8 Å². The number of anilines is 5. The van der Waals surface area contributed by atoms with Gasteiger partial charge in [-0.2, -0.15) is 0 Å². The number of amides is 3. The molecule has 0 bridgehead atoms. The number of hydrogen-bond donors (Lipinski definition) is 2. The summed E-state index contributed by atoms with van der Waals surface area (Å²) in [6.07, 6.45) is 4.15. The molecule has 2 N–H and O–H groups in total. The van der Waals surface area contributed by atoms with Gasteiger partial charge in [0, 0.05) is 57.2 Å². The standard InChI is InChI=1S/C29H34Cl2N8O4/c1-6-25(40)34-19-8-9-20(38-14-12-37(7-2)13-15-38)21(16-19)39(24-10-11-32-18-33-24)36(3)29(41)35-28-26(30)22(42-4)17-23(43-5)27(28)31/h6,8-11,16-18H,1,7,12-15H2,2-5H3,(H,34,40)(H,35,41). The molecular formula is C29H34Cl2N8O4. The van der Waals surface area contributed by atoms with Gasteiger partial charge in [-0.1, -0.05) is 36.7 Å². The summed E-state index contributed by atoms with van der Waals surface area (Å²) < 4.78 is 10.7. The Morgan fingerprint density at radius 1 is 1.05 bits per heavy atom. The summed E-state index contributed by atoms with van der Waals surface area (Å²) in [5.41, 5.74) is 2.04. The van der Waals surface area contributed by atoms with Crippen molar-refractivity contribution < 1.29 is 19.1 Å². The number of likely N-dealkylation sites (N-methyl/N-ethyl adjacent to an activating group) is 1. The van der Waals surface area contributed by atoms with Crippen molar-refractivity contribution in [3.63, 3.8) is 0 Å². The zero-order valence-electron chi connectivity index (χ0n) is 24.4. The molecule has 0 radical (unpaired) electrons. The van der Waals surface area contributed by atoms with Gasteiger partial charge >= 0.3 is 6.03 Å². The van der Waals surface area contributed by atoms with Crippen LogP contribution in [0.15, 0.2) is 55.5 Å². The van der Waals surface area contributed by atoms with Gasteiger partial charge in [-0.15, -0.1) is 0 Å². The first-order valence-electron chi connectivity index (χ1n) is 13.5. The Balaban J connectivity index is 1.81. The molecule has 1 aromatic heterocycles. The molecule has 1 saturated heterocycles. The number of hydrazine groups is 1. The summed E-state index contributed by atoms with van der Waals surface area (Å²) in [5.74, 6) is 0.570. The summed E-state index contributed by atoms with van der Waals surface area (Å²) >= 11 is 13.1. The number of benzene rings is 2. The first-order valence-corrected chi connectivity index (χ1v) is 14.2. The number of piperazine rings is 1. The van der Waals surface area contributed by atoms with Gasteiger partial charge in [0.05, 0.1) is 31.3 Å². The number of urea groups is 1. The normalized spacial score (nSPS) is 13.2. The molecule has 0 unspecified atom stereocenters. The number of nitrogens with zero attached hydrogens (tertiary/aromatic N) is 6. The molecule has 1 aliphatic rings. The van der Waals surface area contributed by atoms with Gasteiger partial charge in [-0.25, -0.2) is 24.8 Å². The van der Waals surface area contributed by atoms with Crippen molar-refractivity contribution in [2.45, 2.75) is 6.92 Å². The maximum atomic E-state index is 13.9. The van der Waals surface area contributed by atoms with Crippen LogP contribution in [0.2, 0.25) is 10.0 Å². The van der Waals surface area contributed by atoms with E-state index in [4.69, 9.17) is 32.7 Å². The van der Waals surface area contributed by atoms with Crippen LogP contribution in [-0.4, -0.2) is 85.8 Å². The molecule has 3 aromatic rings. The highest BCUT2D eigenvalue weighted by Gasteiger charge is 2.29. The van der Waals surface area contributed by atoms with Crippen molar-refractivity contribution >= 4 is 63.7 Å². The lowest BCUT2D eigenvalue weighted by Gasteiger charge is -2.40. The molecule has 43 heavy (non-hydrogen) atoms. The van der Waals surface area contributed by atoms with E-state index in [0.717, 1.165) is 38.4 Å². The molecule has 228 valence electrons. The van der Waals surface area contributed by atoms with Crippen LogP contribution in [0.1, 0.15) is 6.92 Å². The van der Waals surface area contributed by atoms with Gasteiger partial charge in [0.2, 0.25) is 5.91 Å². The molecule has 1 aliphatic heterocycles. The van der Waals surface area contributed by atoms with Gasteiger partial charge < -0.3 is 29.9 Å². The number of carbonyl (C=O) groups is 2. The van der Waals surface area contributed by atoms with Crippen molar-refractivity contribution in [2.24, 2.45) is 0 Å². The second-order valence-corrected chi connectivity index (χ2v) is 10.2. The first kappa shape index (κ1) is 31.7. The van der Waals surface area contributed by atoms with E-state index in [2.05, 4.69) is 43.9 Å². The third kappa shape index (κ3) is 7.04. The molecule has 12 nitrogen and oxygen atoms in total. The van der Waals surface area contributed by atoms with Crippen LogP contribution in [0.5, 0.6) is 11.5 Å². The molecule has 14 heteroatoms. The number of methoxy groups -OCH3 is 2. The molecule has 0 saturated carbocycles. The van der Waals surface area contributed by atoms with Crippen molar-refractivity contribution in [3.05, 3.63) is 65.6 Å². The summed E-state index contributed by atoms with van der Waals surface area (Å²) in [6, 6.07) is 8.11. The van der Waals surface area contributed by atoms with Crippen molar-refractivity contribution in [1.29, 1.82) is 0 Å². The zero-order valence-corrected chi connectivity index (χ0v) is 25.9. The predicted molar refractivity (Wildman–Crippen MR) is 170 cm³/mol. The Labute approximate surface area is 260 Å². The molecular weight excluding hydrogens is 595 g/mol. The summed E-state index contributed by atoms with van der Waals surface area (Å²) in [5, 5.41) is 8.77. The lowest BCUT2D eigenvalue weighted by molar-refractivity contribution is -0.111. The highest BCUT2D eigenvalue weighted by molar-refractivity contribution is 6.41. The Bertz CT molecular complexity index is 1440. The number of ether oxygens (including phenoxy) is 2. The van der Waals surface area contributed by atoms with Gasteiger partial charge in [-0.3, -0.25) is 4.79 Å². The fourth-order valence-corrected chi connectivity index (χ4v) is 5.25. The van der Waals surface area contributed by atoms with Gasteiger partial charge in [0.1, 0.15) is 27.9 Å². The average Bonchev–Trinajstić information content (AvgIpc) is 3.03. The molecule has 0 spiro atoms. The average molecular weight is 630 g/mol.